The summed E-state index contributed by atoms with van der Waals surface area (Å²) in [6, 6.07) is 8.55. The standard InChI is InChI=1S/C19H25N3O5S/c1-12(2)18(11-23)20-17-8-6-15(10-19(17)22(24)25)28(26,27)21-16-7-5-13(3)9-14(16)4/h5-10,12,18,20-21,23H,11H2,1-4H3/t18-/m1/s1. The van der Waals surface area contributed by atoms with Crippen molar-refractivity contribution in [3.05, 3.63) is 57.6 Å². The lowest BCUT2D eigenvalue weighted by Gasteiger charge is -2.21. The average Bonchev–Trinajstić information content (AvgIpc) is 2.61. The van der Waals surface area contributed by atoms with Crippen LogP contribution in [0.1, 0.15) is 25.0 Å². The van der Waals surface area contributed by atoms with Gasteiger partial charge in [0.1, 0.15) is 5.69 Å². The first kappa shape index (κ1) is 21.6. The van der Waals surface area contributed by atoms with Crippen molar-refractivity contribution in [2.75, 3.05) is 16.6 Å². The number of nitro groups is 1. The summed E-state index contributed by atoms with van der Waals surface area (Å²) in [4.78, 5) is 10.6. The van der Waals surface area contributed by atoms with Gasteiger partial charge < -0.3 is 10.4 Å². The van der Waals surface area contributed by atoms with Crippen LogP contribution in [-0.2, 0) is 10.0 Å². The number of hydrogen-bond acceptors (Lipinski definition) is 6. The maximum Gasteiger partial charge on any atom is 0.293 e. The first-order chi connectivity index (χ1) is 13.0. The van der Waals surface area contributed by atoms with Gasteiger partial charge in [0, 0.05) is 6.07 Å². The Morgan fingerprint density at radius 2 is 1.75 bits per heavy atom. The lowest BCUT2D eigenvalue weighted by Crippen LogP contribution is -2.29. The van der Waals surface area contributed by atoms with E-state index in [4.69, 9.17) is 0 Å². The van der Waals surface area contributed by atoms with Crippen molar-refractivity contribution in [1.29, 1.82) is 0 Å². The third-order valence-electron chi connectivity index (χ3n) is 4.44. The number of anilines is 2. The number of benzene rings is 2. The summed E-state index contributed by atoms with van der Waals surface area (Å²) in [5.74, 6) is 0.0270. The Bertz CT molecular complexity index is 974. The van der Waals surface area contributed by atoms with Crippen LogP contribution >= 0.6 is 0 Å². The molecule has 0 aromatic heterocycles. The number of nitro benzene ring substituents is 1. The predicted molar refractivity (Wildman–Crippen MR) is 109 cm³/mol. The monoisotopic (exact) mass is 407 g/mol. The van der Waals surface area contributed by atoms with Gasteiger partial charge in [0.25, 0.3) is 15.7 Å². The summed E-state index contributed by atoms with van der Waals surface area (Å²) in [5, 5.41) is 23.8. The molecular formula is C19H25N3O5S. The Balaban J connectivity index is 2.40. The fourth-order valence-corrected chi connectivity index (χ4v) is 3.86. The molecule has 28 heavy (non-hydrogen) atoms. The lowest BCUT2D eigenvalue weighted by atomic mass is 10.0. The fourth-order valence-electron chi connectivity index (χ4n) is 2.71. The van der Waals surface area contributed by atoms with Crippen LogP contribution in [0.3, 0.4) is 0 Å². The van der Waals surface area contributed by atoms with E-state index in [-0.39, 0.29) is 28.8 Å². The van der Waals surface area contributed by atoms with E-state index in [9.17, 15) is 23.6 Å². The molecule has 0 unspecified atom stereocenters. The van der Waals surface area contributed by atoms with E-state index < -0.39 is 21.0 Å². The maximum atomic E-state index is 12.7. The van der Waals surface area contributed by atoms with Crippen LogP contribution in [0.5, 0.6) is 0 Å². The molecule has 2 aromatic rings. The van der Waals surface area contributed by atoms with Gasteiger partial charge >= 0.3 is 0 Å². The second-order valence-electron chi connectivity index (χ2n) is 7.04. The maximum absolute atomic E-state index is 12.7. The highest BCUT2D eigenvalue weighted by Gasteiger charge is 2.24. The zero-order valence-corrected chi connectivity index (χ0v) is 17.1. The molecule has 0 fully saturated rings. The predicted octanol–water partition coefficient (Wildman–Crippen LogP) is 3.44. The first-order valence-electron chi connectivity index (χ1n) is 8.81. The van der Waals surface area contributed by atoms with Gasteiger partial charge in [-0.25, -0.2) is 8.42 Å². The highest BCUT2D eigenvalue weighted by molar-refractivity contribution is 7.92. The van der Waals surface area contributed by atoms with Crippen LogP contribution in [0, 0.1) is 29.9 Å². The molecular weight excluding hydrogens is 382 g/mol. The van der Waals surface area contributed by atoms with Gasteiger partial charge in [-0.05, 0) is 43.5 Å². The van der Waals surface area contributed by atoms with Crippen molar-refractivity contribution in [1.82, 2.24) is 0 Å². The minimum atomic E-state index is -4.00. The molecule has 0 radical (unpaired) electrons. The molecule has 0 aliphatic heterocycles. The highest BCUT2D eigenvalue weighted by atomic mass is 32.2. The van der Waals surface area contributed by atoms with Gasteiger partial charge in [-0.15, -0.1) is 0 Å². The molecule has 0 spiro atoms. The van der Waals surface area contributed by atoms with E-state index in [2.05, 4.69) is 10.0 Å². The molecule has 0 heterocycles. The van der Waals surface area contributed by atoms with E-state index in [0.717, 1.165) is 17.2 Å². The molecule has 0 aliphatic carbocycles. The van der Waals surface area contributed by atoms with Crippen molar-refractivity contribution in [2.24, 2.45) is 5.92 Å². The largest absolute Gasteiger partial charge is 0.394 e. The second-order valence-corrected chi connectivity index (χ2v) is 8.72. The van der Waals surface area contributed by atoms with E-state index in [1.54, 1.807) is 19.1 Å². The van der Waals surface area contributed by atoms with Crippen molar-refractivity contribution in [3.8, 4) is 0 Å². The van der Waals surface area contributed by atoms with E-state index in [1.807, 2.05) is 26.8 Å². The summed E-state index contributed by atoms with van der Waals surface area (Å²) < 4.78 is 27.9. The number of nitrogens with one attached hydrogen (secondary N) is 2. The Morgan fingerprint density at radius 1 is 1.11 bits per heavy atom. The Kier molecular flexibility index (Phi) is 6.63. The molecule has 9 heteroatoms. The minimum absolute atomic E-state index is 0.0270. The summed E-state index contributed by atoms with van der Waals surface area (Å²) >= 11 is 0. The Hall–Kier alpha value is -2.65. The molecule has 0 saturated heterocycles. The van der Waals surface area contributed by atoms with Crippen LogP contribution < -0.4 is 10.0 Å². The molecule has 0 bridgehead atoms. The normalized spacial score (nSPS) is 12.6. The fraction of sp³-hybridized carbons (Fsp3) is 0.368. The van der Waals surface area contributed by atoms with Crippen molar-refractivity contribution < 1.29 is 18.4 Å². The minimum Gasteiger partial charge on any atom is -0.394 e. The van der Waals surface area contributed by atoms with Crippen molar-refractivity contribution in [3.63, 3.8) is 0 Å². The van der Waals surface area contributed by atoms with Crippen LogP contribution in [0.25, 0.3) is 0 Å². The molecule has 0 amide bonds. The molecule has 0 saturated carbocycles. The first-order valence-corrected chi connectivity index (χ1v) is 10.3. The zero-order valence-electron chi connectivity index (χ0n) is 16.3. The van der Waals surface area contributed by atoms with Crippen LogP contribution in [-0.4, -0.2) is 31.1 Å². The van der Waals surface area contributed by atoms with E-state index in [1.165, 1.54) is 12.1 Å². The molecule has 0 aliphatic rings. The van der Waals surface area contributed by atoms with Crippen LogP contribution in [0.15, 0.2) is 41.3 Å². The Morgan fingerprint density at radius 3 is 2.29 bits per heavy atom. The SMILES string of the molecule is Cc1ccc(NS(=O)(=O)c2ccc(N[C@H](CO)C(C)C)c([N+](=O)[O-])c2)c(C)c1. The molecule has 2 aromatic carbocycles. The van der Waals surface area contributed by atoms with Gasteiger partial charge in [0.2, 0.25) is 0 Å². The summed E-state index contributed by atoms with van der Waals surface area (Å²) in [5.41, 5.74) is 1.94. The van der Waals surface area contributed by atoms with Gasteiger partial charge in [0.15, 0.2) is 0 Å². The number of aryl methyl sites for hydroxylation is 2. The highest BCUT2D eigenvalue weighted by Crippen LogP contribution is 2.30. The van der Waals surface area contributed by atoms with Gasteiger partial charge in [0.05, 0.1) is 28.2 Å². The molecule has 3 N–H and O–H groups in total. The van der Waals surface area contributed by atoms with Crippen molar-refractivity contribution in [2.45, 2.75) is 38.6 Å². The third-order valence-corrected chi connectivity index (χ3v) is 5.81. The molecule has 8 nitrogen and oxygen atoms in total. The average molecular weight is 407 g/mol. The number of hydrogen-bond donors (Lipinski definition) is 3. The number of nitrogens with zero attached hydrogens (tertiary/aromatic N) is 1. The molecule has 152 valence electrons. The van der Waals surface area contributed by atoms with Gasteiger partial charge in [-0.1, -0.05) is 31.5 Å². The van der Waals surface area contributed by atoms with Crippen molar-refractivity contribution >= 4 is 27.1 Å². The Labute approximate surface area is 164 Å². The summed E-state index contributed by atoms with van der Waals surface area (Å²) in [6.07, 6.45) is 0. The van der Waals surface area contributed by atoms with E-state index >= 15 is 0 Å². The second kappa shape index (κ2) is 8.57. The lowest BCUT2D eigenvalue weighted by molar-refractivity contribution is -0.384. The van der Waals surface area contributed by atoms with Crippen LogP contribution in [0.2, 0.25) is 0 Å². The molecule has 2 rings (SSSR count). The number of aliphatic hydroxyl groups excluding tert-OH is 1. The third kappa shape index (κ3) is 4.99. The van der Waals surface area contributed by atoms with Crippen LogP contribution in [0.4, 0.5) is 17.1 Å². The van der Waals surface area contributed by atoms with E-state index in [0.29, 0.717) is 5.69 Å². The summed E-state index contributed by atoms with van der Waals surface area (Å²) in [6.45, 7) is 7.21. The smallest absolute Gasteiger partial charge is 0.293 e. The molecule has 1 atom stereocenters. The quantitative estimate of drug-likeness (QED) is 0.455. The topological polar surface area (TPSA) is 122 Å². The van der Waals surface area contributed by atoms with Gasteiger partial charge in [-0.3, -0.25) is 14.8 Å². The number of aliphatic hydroxyl groups is 1. The number of sulfonamides is 1. The summed E-state index contributed by atoms with van der Waals surface area (Å²) in [7, 11) is -4.00. The van der Waals surface area contributed by atoms with Gasteiger partial charge in [-0.2, -0.15) is 0 Å². The zero-order chi connectivity index (χ0) is 21.1. The number of rotatable bonds is 8.